The average Bonchev–Trinajstić information content (AvgIpc) is 2.84. The van der Waals surface area contributed by atoms with Gasteiger partial charge in [-0.1, -0.05) is 6.92 Å². The number of carbonyl (C=O) groups is 2. The third-order valence-electron chi connectivity index (χ3n) is 3.41. The molecule has 0 aliphatic carbocycles. The Labute approximate surface area is 94.2 Å². The lowest BCUT2D eigenvalue weighted by Gasteiger charge is -2.23. The summed E-state index contributed by atoms with van der Waals surface area (Å²) in [6, 6.07) is 0. The molecule has 2 saturated heterocycles. The van der Waals surface area contributed by atoms with Gasteiger partial charge < -0.3 is 15.2 Å². The van der Waals surface area contributed by atoms with Crippen LogP contribution < -0.4 is 5.32 Å². The van der Waals surface area contributed by atoms with Gasteiger partial charge >= 0.3 is 5.97 Å². The van der Waals surface area contributed by atoms with E-state index in [0.29, 0.717) is 6.54 Å². The van der Waals surface area contributed by atoms with Crippen LogP contribution in [0.3, 0.4) is 0 Å². The van der Waals surface area contributed by atoms with Gasteiger partial charge in [-0.2, -0.15) is 0 Å². The number of aliphatic carboxylic acids is 1. The van der Waals surface area contributed by atoms with Crippen LogP contribution in [0.15, 0.2) is 0 Å². The fourth-order valence-electron chi connectivity index (χ4n) is 2.69. The van der Waals surface area contributed by atoms with Crippen LogP contribution in [0.25, 0.3) is 0 Å². The quantitative estimate of drug-likeness (QED) is 0.728. The van der Waals surface area contributed by atoms with E-state index in [1.807, 2.05) is 6.92 Å². The monoisotopic (exact) mass is 227 g/mol. The molecule has 5 nitrogen and oxygen atoms in total. The molecule has 0 aromatic heterocycles. The Bertz CT molecular complexity index is 304. The summed E-state index contributed by atoms with van der Waals surface area (Å²) >= 11 is 0. The van der Waals surface area contributed by atoms with E-state index in [9.17, 15) is 9.59 Å². The number of fused-ring (bicyclic) bond motifs is 2. The lowest BCUT2D eigenvalue weighted by atomic mass is 9.79. The van der Waals surface area contributed by atoms with E-state index >= 15 is 0 Å². The number of nitrogens with one attached hydrogen (secondary N) is 1. The lowest BCUT2D eigenvalue weighted by molar-refractivity contribution is -0.147. The molecule has 2 bridgehead atoms. The molecule has 0 aromatic carbocycles. The maximum Gasteiger partial charge on any atom is 0.310 e. The van der Waals surface area contributed by atoms with Gasteiger partial charge in [0.1, 0.15) is 0 Å². The summed E-state index contributed by atoms with van der Waals surface area (Å²) in [5, 5.41) is 11.9. The summed E-state index contributed by atoms with van der Waals surface area (Å²) < 4.78 is 5.52. The van der Waals surface area contributed by atoms with Gasteiger partial charge in [-0.25, -0.2) is 0 Å². The minimum atomic E-state index is -0.913. The molecule has 1 amide bonds. The maximum atomic E-state index is 11.9. The van der Waals surface area contributed by atoms with Crippen molar-refractivity contribution in [2.75, 3.05) is 6.54 Å². The zero-order valence-electron chi connectivity index (χ0n) is 9.31. The Morgan fingerprint density at radius 1 is 1.31 bits per heavy atom. The molecule has 4 atom stereocenters. The molecule has 90 valence electrons. The topological polar surface area (TPSA) is 75.6 Å². The normalized spacial score (nSPS) is 36.3. The van der Waals surface area contributed by atoms with Gasteiger partial charge in [0.25, 0.3) is 0 Å². The second kappa shape index (κ2) is 4.41. The van der Waals surface area contributed by atoms with E-state index in [1.54, 1.807) is 0 Å². The number of hydrogen-bond acceptors (Lipinski definition) is 3. The highest BCUT2D eigenvalue weighted by molar-refractivity contribution is 5.86. The van der Waals surface area contributed by atoms with Crippen LogP contribution in [0, 0.1) is 11.8 Å². The number of carboxylic acid groups (broad SMARTS) is 1. The summed E-state index contributed by atoms with van der Waals surface area (Å²) in [4.78, 5) is 23.0. The molecule has 0 saturated carbocycles. The first-order chi connectivity index (χ1) is 7.65. The highest BCUT2D eigenvalue weighted by atomic mass is 16.5. The molecular weight excluding hydrogens is 210 g/mol. The number of carboxylic acids is 1. The number of carbonyl (C=O) groups excluding carboxylic acids is 1. The first-order valence-corrected chi connectivity index (χ1v) is 5.81. The van der Waals surface area contributed by atoms with Gasteiger partial charge in [0.15, 0.2) is 0 Å². The molecule has 16 heavy (non-hydrogen) atoms. The standard InChI is InChI=1S/C11H17NO4/c1-2-5-12-10(13)8-6-3-4-7(16-6)9(8)11(14)15/h6-9H,2-5H2,1H3,(H,12,13)(H,14,15). The van der Waals surface area contributed by atoms with E-state index in [-0.39, 0.29) is 18.1 Å². The Kier molecular flexibility index (Phi) is 3.14. The predicted molar refractivity (Wildman–Crippen MR) is 55.8 cm³/mol. The molecule has 2 rings (SSSR count). The Balaban J connectivity index is 2.06. The van der Waals surface area contributed by atoms with Crippen LogP contribution in [0.5, 0.6) is 0 Å². The third kappa shape index (κ3) is 1.80. The van der Waals surface area contributed by atoms with Crippen molar-refractivity contribution in [3.05, 3.63) is 0 Å². The molecule has 2 fully saturated rings. The predicted octanol–water partition coefficient (Wildman–Crippen LogP) is 0.391. The number of ether oxygens (including phenoxy) is 1. The third-order valence-corrected chi connectivity index (χ3v) is 3.41. The van der Waals surface area contributed by atoms with Gasteiger partial charge in [-0.05, 0) is 19.3 Å². The summed E-state index contributed by atoms with van der Waals surface area (Å²) in [6.07, 6.45) is 1.96. The summed E-state index contributed by atoms with van der Waals surface area (Å²) in [5.41, 5.74) is 0. The van der Waals surface area contributed by atoms with Crippen molar-refractivity contribution in [3.63, 3.8) is 0 Å². The van der Waals surface area contributed by atoms with Crippen LogP contribution in [0.4, 0.5) is 0 Å². The molecule has 2 N–H and O–H groups in total. The fraction of sp³-hybridized carbons (Fsp3) is 0.818. The van der Waals surface area contributed by atoms with E-state index < -0.39 is 17.8 Å². The molecule has 2 aliphatic heterocycles. The Morgan fingerprint density at radius 3 is 2.50 bits per heavy atom. The van der Waals surface area contributed by atoms with Crippen molar-refractivity contribution < 1.29 is 19.4 Å². The minimum absolute atomic E-state index is 0.165. The molecule has 2 aliphatic rings. The van der Waals surface area contributed by atoms with Crippen LogP contribution in [0.2, 0.25) is 0 Å². The first kappa shape index (κ1) is 11.4. The van der Waals surface area contributed by atoms with Crippen molar-refractivity contribution in [1.82, 2.24) is 5.32 Å². The van der Waals surface area contributed by atoms with Crippen molar-refractivity contribution in [1.29, 1.82) is 0 Å². The number of rotatable bonds is 4. The summed E-state index contributed by atoms with van der Waals surface area (Å²) in [6.45, 7) is 2.56. The second-order valence-electron chi connectivity index (χ2n) is 4.47. The minimum Gasteiger partial charge on any atom is -0.481 e. The van der Waals surface area contributed by atoms with Gasteiger partial charge in [0.05, 0.1) is 24.0 Å². The van der Waals surface area contributed by atoms with E-state index in [1.165, 1.54) is 0 Å². The Hall–Kier alpha value is -1.10. The fourth-order valence-corrected chi connectivity index (χ4v) is 2.69. The molecular formula is C11H17NO4. The molecule has 2 heterocycles. The first-order valence-electron chi connectivity index (χ1n) is 5.81. The van der Waals surface area contributed by atoms with Gasteiger partial charge in [-0.3, -0.25) is 9.59 Å². The molecule has 0 spiro atoms. The largest absolute Gasteiger partial charge is 0.481 e. The van der Waals surface area contributed by atoms with Crippen molar-refractivity contribution in [3.8, 4) is 0 Å². The zero-order valence-corrected chi connectivity index (χ0v) is 9.31. The summed E-state index contributed by atoms with van der Waals surface area (Å²) in [7, 11) is 0. The van der Waals surface area contributed by atoms with Gasteiger partial charge in [0, 0.05) is 6.54 Å². The highest BCUT2D eigenvalue weighted by Crippen LogP contribution is 2.43. The van der Waals surface area contributed by atoms with E-state index in [0.717, 1.165) is 19.3 Å². The maximum absolute atomic E-state index is 11.9. The lowest BCUT2D eigenvalue weighted by Crippen LogP contribution is -2.44. The number of hydrogen-bond donors (Lipinski definition) is 2. The second-order valence-corrected chi connectivity index (χ2v) is 4.47. The van der Waals surface area contributed by atoms with E-state index in [2.05, 4.69) is 5.32 Å². The molecule has 0 aromatic rings. The SMILES string of the molecule is CCCNC(=O)C1C2CCC(O2)C1C(=O)O. The smallest absolute Gasteiger partial charge is 0.310 e. The average molecular weight is 227 g/mol. The molecule has 5 heteroatoms. The molecule has 0 radical (unpaired) electrons. The zero-order chi connectivity index (χ0) is 11.7. The van der Waals surface area contributed by atoms with Gasteiger partial charge in [0.2, 0.25) is 5.91 Å². The van der Waals surface area contributed by atoms with Crippen molar-refractivity contribution >= 4 is 11.9 Å². The van der Waals surface area contributed by atoms with Crippen molar-refractivity contribution in [2.45, 2.75) is 38.4 Å². The van der Waals surface area contributed by atoms with Crippen LogP contribution >= 0.6 is 0 Å². The number of amides is 1. The van der Waals surface area contributed by atoms with Crippen LogP contribution in [0.1, 0.15) is 26.2 Å². The summed E-state index contributed by atoms with van der Waals surface area (Å²) in [5.74, 6) is -2.23. The highest BCUT2D eigenvalue weighted by Gasteiger charge is 2.55. The Morgan fingerprint density at radius 2 is 1.94 bits per heavy atom. The van der Waals surface area contributed by atoms with Crippen molar-refractivity contribution in [2.24, 2.45) is 11.8 Å². The van der Waals surface area contributed by atoms with Crippen LogP contribution in [-0.2, 0) is 14.3 Å². The van der Waals surface area contributed by atoms with E-state index in [4.69, 9.17) is 9.84 Å². The molecule has 4 unspecified atom stereocenters. The van der Waals surface area contributed by atoms with Gasteiger partial charge in [-0.15, -0.1) is 0 Å². The van der Waals surface area contributed by atoms with Crippen LogP contribution in [-0.4, -0.2) is 35.7 Å².